The molecule has 1 aliphatic heterocycles. The Morgan fingerprint density at radius 2 is 2.17 bits per heavy atom. The van der Waals surface area contributed by atoms with Gasteiger partial charge in [0.15, 0.2) is 5.11 Å². The maximum absolute atomic E-state index is 12.7. The average Bonchev–Trinajstić information content (AvgIpc) is 3.36. The highest BCUT2D eigenvalue weighted by Crippen LogP contribution is 2.32. The SMILES string of the molecule is CC1=C(C(=O)NC2CC2)[C@@H](c2cccc([N+](=O)[O-])c2)NC(=S)N1C. The Morgan fingerprint density at radius 3 is 2.79 bits per heavy atom. The van der Waals surface area contributed by atoms with Crippen molar-refractivity contribution in [2.75, 3.05) is 7.05 Å². The zero-order valence-electron chi connectivity index (χ0n) is 13.4. The minimum Gasteiger partial charge on any atom is -0.351 e. The molecule has 1 aromatic rings. The van der Waals surface area contributed by atoms with E-state index in [1.165, 1.54) is 12.1 Å². The molecule has 1 aromatic carbocycles. The van der Waals surface area contributed by atoms with Gasteiger partial charge in [0.25, 0.3) is 11.6 Å². The van der Waals surface area contributed by atoms with E-state index in [0.717, 1.165) is 18.5 Å². The first-order chi connectivity index (χ1) is 11.4. The fourth-order valence-electron chi connectivity index (χ4n) is 2.69. The lowest BCUT2D eigenvalue weighted by Gasteiger charge is -2.35. The Hall–Kier alpha value is -2.48. The monoisotopic (exact) mass is 346 g/mol. The van der Waals surface area contributed by atoms with Gasteiger partial charge in [-0.05, 0) is 37.5 Å². The van der Waals surface area contributed by atoms with Crippen LogP contribution in [-0.4, -0.2) is 33.9 Å². The Kier molecular flexibility index (Phi) is 4.23. The van der Waals surface area contributed by atoms with E-state index in [1.807, 2.05) is 6.92 Å². The quantitative estimate of drug-likeness (QED) is 0.493. The molecule has 1 heterocycles. The Labute approximate surface area is 144 Å². The Morgan fingerprint density at radius 1 is 1.46 bits per heavy atom. The van der Waals surface area contributed by atoms with Gasteiger partial charge in [-0.15, -0.1) is 0 Å². The maximum atomic E-state index is 12.7. The van der Waals surface area contributed by atoms with Crippen molar-refractivity contribution >= 4 is 28.9 Å². The number of nitrogens with one attached hydrogen (secondary N) is 2. The molecule has 24 heavy (non-hydrogen) atoms. The topological polar surface area (TPSA) is 87.5 Å². The van der Waals surface area contributed by atoms with Gasteiger partial charge in [0.05, 0.1) is 16.5 Å². The largest absolute Gasteiger partial charge is 0.351 e. The van der Waals surface area contributed by atoms with Crippen LogP contribution in [0.2, 0.25) is 0 Å². The molecule has 0 aromatic heterocycles. The normalized spacial score (nSPS) is 20.7. The summed E-state index contributed by atoms with van der Waals surface area (Å²) in [7, 11) is 1.79. The van der Waals surface area contributed by atoms with Crippen LogP contribution in [0.25, 0.3) is 0 Å². The highest BCUT2D eigenvalue weighted by molar-refractivity contribution is 7.80. The number of hydrogen-bond donors (Lipinski definition) is 2. The van der Waals surface area contributed by atoms with E-state index in [1.54, 1.807) is 24.1 Å². The number of amides is 1. The van der Waals surface area contributed by atoms with Crippen LogP contribution in [0, 0.1) is 10.1 Å². The number of nitro groups is 1. The van der Waals surface area contributed by atoms with Gasteiger partial charge in [-0.3, -0.25) is 14.9 Å². The van der Waals surface area contributed by atoms with Crippen molar-refractivity contribution in [2.24, 2.45) is 0 Å². The fraction of sp³-hybridized carbons (Fsp3) is 0.375. The van der Waals surface area contributed by atoms with Crippen LogP contribution in [0.4, 0.5) is 5.69 Å². The van der Waals surface area contributed by atoms with Crippen LogP contribution in [0.15, 0.2) is 35.5 Å². The van der Waals surface area contributed by atoms with Gasteiger partial charge in [0.1, 0.15) is 0 Å². The second kappa shape index (κ2) is 6.20. The standard InChI is InChI=1S/C16H18N4O3S/c1-9-13(15(21)17-11-6-7-11)14(18-16(24)19(9)2)10-4-3-5-12(8-10)20(22)23/h3-5,8,11,14H,6-7H2,1-2H3,(H,17,21)(H,18,24)/t14-/m1/s1. The molecule has 8 heteroatoms. The summed E-state index contributed by atoms with van der Waals surface area (Å²) in [6, 6.07) is 5.99. The van der Waals surface area contributed by atoms with Crippen LogP contribution < -0.4 is 10.6 Å². The number of rotatable bonds is 4. The first kappa shape index (κ1) is 16.4. The first-order valence-corrected chi connectivity index (χ1v) is 8.09. The van der Waals surface area contributed by atoms with Crippen LogP contribution >= 0.6 is 12.2 Å². The summed E-state index contributed by atoms with van der Waals surface area (Å²) in [5.74, 6) is -0.159. The van der Waals surface area contributed by atoms with Crippen molar-refractivity contribution in [1.82, 2.24) is 15.5 Å². The molecule has 1 fully saturated rings. The number of allylic oxidation sites excluding steroid dienone is 1. The van der Waals surface area contributed by atoms with E-state index in [9.17, 15) is 14.9 Å². The molecule has 0 bridgehead atoms. The molecule has 0 spiro atoms. The van der Waals surface area contributed by atoms with Crippen LogP contribution in [0.5, 0.6) is 0 Å². The lowest BCUT2D eigenvalue weighted by atomic mass is 9.94. The van der Waals surface area contributed by atoms with Gasteiger partial charge in [-0.2, -0.15) is 0 Å². The number of carbonyl (C=O) groups excluding carboxylic acids is 1. The molecule has 1 amide bonds. The summed E-state index contributed by atoms with van der Waals surface area (Å²) in [4.78, 5) is 25.0. The predicted molar refractivity (Wildman–Crippen MR) is 93.2 cm³/mol. The number of non-ortho nitro benzene ring substituents is 1. The third-order valence-electron chi connectivity index (χ3n) is 4.33. The van der Waals surface area contributed by atoms with Crippen molar-refractivity contribution in [2.45, 2.75) is 31.8 Å². The Bertz CT molecular complexity index is 757. The molecule has 0 unspecified atom stereocenters. The smallest absolute Gasteiger partial charge is 0.269 e. The molecule has 7 nitrogen and oxygen atoms in total. The van der Waals surface area contributed by atoms with Crippen molar-refractivity contribution < 1.29 is 9.72 Å². The summed E-state index contributed by atoms with van der Waals surface area (Å²) in [5.41, 5.74) is 1.91. The van der Waals surface area contributed by atoms with E-state index in [-0.39, 0.29) is 17.6 Å². The number of nitrogens with zero attached hydrogens (tertiary/aromatic N) is 2. The third-order valence-corrected chi connectivity index (χ3v) is 4.72. The fourth-order valence-corrected chi connectivity index (χ4v) is 2.94. The Balaban J connectivity index is 2.02. The van der Waals surface area contributed by atoms with Gasteiger partial charge in [-0.25, -0.2) is 0 Å². The molecule has 1 aliphatic carbocycles. The molecule has 126 valence electrons. The van der Waals surface area contributed by atoms with Crippen molar-refractivity contribution in [3.05, 3.63) is 51.2 Å². The summed E-state index contributed by atoms with van der Waals surface area (Å²) >= 11 is 5.32. The number of thiocarbonyl (C=S) groups is 1. The number of hydrogen-bond acceptors (Lipinski definition) is 4. The predicted octanol–water partition coefficient (Wildman–Crippen LogP) is 2.01. The minimum absolute atomic E-state index is 0.0150. The maximum Gasteiger partial charge on any atom is 0.269 e. The van der Waals surface area contributed by atoms with Gasteiger partial charge >= 0.3 is 0 Å². The summed E-state index contributed by atoms with van der Waals surface area (Å²) < 4.78 is 0. The van der Waals surface area contributed by atoms with E-state index in [2.05, 4.69) is 10.6 Å². The minimum atomic E-state index is -0.507. The molecule has 0 saturated heterocycles. The lowest BCUT2D eigenvalue weighted by Crippen LogP contribution is -2.47. The second-order valence-electron chi connectivity index (χ2n) is 6.04. The molecular weight excluding hydrogens is 328 g/mol. The number of benzene rings is 1. The molecule has 0 radical (unpaired) electrons. The molecule has 1 saturated carbocycles. The average molecular weight is 346 g/mol. The van der Waals surface area contributed by atoms with Crippen LogP contribution in [0.1, 0.15) is 31.4 Å². The van der Waals surface area contributed by atoms with Crippen LogP contribution in [-0.2, 0) is 4.79 Å². The van der Waals surface area contributed by atoms with Gasteiger partial charge in [0, 0.05) is 30.9 Å². The summed E-state index contributed by atoms with van der Waals surface area (Å²) in [6.45, 7) is 1.83. The van der Waals surface area contributed by atoms with Crippen molar-refractivity contribution in [3.63, 3.8) is 0 Å². The first-order valence-electron chi connectivity index (χ1n) is 7.68. The number of nitro benzene ring substituents is 1. The molecule has 3 rings (SSSR count). The molecular formula is C16H18N4O3S. The van der Waals surface area contributed by atoms with Gasteiger partial charge < -0.3 is 15.5 Å². The second-order valence-corrected chi connectivity index (χ2v) is 6.43. The van der Waals surface area contributed by atoms with Crippen molar-refractivity contribution in [1.29, 1.82) is 0 Å². The van der Waals surface area contributed by atoms with Gasteiger partial charge in [0.2, 0.25) is 0 Å². The molecule has 2 aliphatic rings. The highest BCUT2D eigenvalue weighted by atomic mass is 32.1. The zero-order chi connectivity index (χ0) is 17.4. The third kappa shape index (κ3) is 3.09. The molecule has 2 N–H and O–H groups in total. The van der Waals surface area contributed by atoms with E-state index in [4.69, 9.17) is 12.2 Å². The number of carbonyl (C=O) groups is 1. The van der Waals surface area contributed by atoms with E-state index in [0.29, 0.717) is 16.2 Å². The highest BCUT2D eigenvalue weighted by Gasteiger charge is 2.35. The summed E-state index contributed by atoms with van der Waals surface area (Å²) in [5, 5.41) is 17.6. The zero-order valence-corrected chi connectivity index (χ0v) is 14.2. The lowest BCUT2D eigenvalue weighted by molar-refractivity contribution is -0.384. The van der Waals surface area contributed by atoms with Crippen molar-refractivity contribution in [3.8, 4) is 0 Å². The molecule has 1 atom stereocenters. The van der Waals surface area contributed by atoms with Gasteiger partial charge in [-0.1, -0.05) is 12.1 Å². The summed E-state index contributed by atoms with van der Waals surface area (Å²) in [6.07, 6.45) is 1.97. The van der Waals surface area contributed by atoms with E-state index >= 15 is 0 Å². The van der Waals surface area contributed by atoms with Crippen LogP contribution in [0.3, 0.4) is 0 Å². The van der Waals surface area contributed by atoms with E-state index < -0.39 is 11.0 Å².